The zero-order valence-corrected chi connectivity index (χ0v) is 17.6. The van der Waals surface area contributed by atoms with Crippen LogP contribution < -0.4 is 0 Å². The van der Waals surface area contributed by atoms with Gasteiger partial charge in [-0.2, -0.15) is 10.2 Å². The van der Waals surface area contributed by atoms with E-state index in [2.05, 4.69) is 0 Å². The lowest BCUT2D eigenvalue weighted by atomic mass is 9.98. The molecule has 0 amide bonds. The zero-order valence-electron chi connectivity index (χ0n) is 17.6. The molecule has 2 nitrogen and oxygen atoms in total. The first-order valence-electron chi connectivity index (χ1n) is 12.3. The van der Waals surface area contributed by atoms with Gasteiger partial charge in [-0.05, 0) is 25.7 Å². The number of nitrogens with zero attached hydrogens (tertiary/aromatic N) is 2. The quantitative estimate of drug-likeness (QED) is 0.438. The summed E-state index contributed by atoms with van der Waals surface area (Å²) >= 11 is 0. The van der Waals surface area contributed by atoms with E-state index in [0.29, 0.717) is 12.1 Å². The van der Waals surface area contributed by atoms with E-state index >= 15 is 0 Å². The molecular weight excluding hydrogens is 316 g/mol. The van der Waals surface area contributed by atoms with E-state index in [1.165, 1.54) is 141 Å². The largest absolute Gasteiger partial charge is 0.191 e. The van der Waals surface area contributed by atoms with Crippen LogP contribution in [-0.4, -0.2) is 12.1 Å². The molecule has 152 valence electrons. The number of hydrogen-bond acceptors (Lipinski definition) is 2. The lowest BCUT2D eigenvalue weighted by molar-refractivity contribution is 0.422. The Hall–Kier alpha value is -0.400. The van der Waals surface area contributed by atoms with Gasteiger partial charge in [0, 0.05) is 0 Å². The summed E-state index contributed by atoms with van der Waals surface area (Å²) in [6.07, 6.45) is 30.8. The summed E-state index contributed by atoms with van der Waals surface area (Å²) in [5.41, 5.74) is 0. The minimum absolute atomic E-state index is 0.524. The molecule has 2 saturated carbocycles. The summed E-state index contributed by atoms with van der Waals surface area (Å²) < 4.78 is 0. The van der Waals surface area contributed by atoms with E-state index < -0.39 is 0 Å². The van der Waals surface area contributed by atoms with Gasteiger partial charge in [0.1, 0.15) is 0 Å². The van der Waals surface area contributed by atoms with Crippen molar-refractivity contribution in [1.29, 1.82) is 0 Å². The van der Waals surface area contributed by atoms with Crippen molar-refractivity contribution < 1.29 is 0 Å². The van der Waals surface area contributed by atoms with Crippen LogP contribution in [0, 0.1) is 0 Å². The van der Waals surface area contributed by atoms with Crippen LogP contribution in [0.3, 0.4) is 0 Å². The molecule has 0 bridgehead atoms. The highest BCUT2D eigenvalue weighted by Crippen LogP contribution is 2.22. The van der Waals surface area contributed by atoms with Crippen LogP contribution in [0.15, 0.2) is 10.2 Å². The molecule has 0 N–H and O–H groups in total. The first-order valence-corrected chi connectivity index (χ1v) is 12.3. The molecule has 0 aromatic heterocycles. The van der Waals surface area contributed by atoms with Crippen molar-refractivity contribution in [2.75, 3.05) is 0 Å². The van der Waals surface area contributed by atoms with Crippen LogP contribution in [0.5, 0.6) is 0 Å². The molecule has 0 unspecified atom stereocenters. The van der Waals surface area contributed by atoms with Gasteiger partial charge < -0.3 is 0 Å². The fourth-order valence-electron chi connectivity index (χ4n) is 4.70. The average Bonchev–Trinajstić information content (AvgIpc) is 2.63. The fourth-order valence-corrected chi connectivity index (χ4v) is 4.70. The van der Waals surface area contributed by atoms with Crippen LogP contribution in [0.4, 0.5) is 0 Å². The van der Waals surface area contributed by atoms with Crippen molar-refractivity contribution >= 4 is 0 Å². The molecule has 2 rings (SSSR count). The van der Waals surface area contributed by atoms with Gasteiger partial charge in [0.15, 0.2) is 0 Å². The maximum absolute atomic E-state index is 4.93. The van der Waals surface area contributed by atoms with E-state index in [1.807, 2.05) is 0 Å². The third kappa shape index (κ3) is 11.3. The Labute approximate surface area is 164 Å². The third-order valence-corrected chi connectivity index (χ3v) is 6.54. The molecule has 0 heterocycles. The molecule has 0 aliphatic heterocycles. The van der Waals surface area contributed by atoms with Crippen LogP contribution >= 0.6 is 0 Å². The van der Waals surface area contributed by atoms with Gasteiger partial charge in [0.25, 0.3) is 0 Å². The summed E-state index contributed by atoms with van der Waals surface area (Å²) in [5.74, 6) is 0. The first kappa shape index (κ1) is 21.9. The van der Waals surface area contributed by atoms with Crippen molar-refractivity contribution in [2.45, 2.75) is 153 Å². The molecule has 0 radical (unpaired) electrons. The van der Waals surface area contributed by atoms with E-state index in [0.717, 1.165) is 0 Å². The van der Waals surface area contributed by atoms with Gasteiger partial charge >= 0.3 is 0 Å². The van der Waals surface area contributed by atoms with Gasteiger partial charge in [0.05, 0.1) is 12.1 Å². The second-order valence-electron chi connectivity index (χ2n) is 9.06. The fraction of sp³-hybridized carbons (Fsp3) is 1.00. The third-order valence-electron chi connectivity index (χ3n) is 6.54. The summed E-state index contributed by atoms with van der Waals surface area (Å²) in [4.78, 5) is 0. The highest BCUT2D eigenvalue weighted by atomic mass is 15.1. The second kappa shape index (κ2) is 15.6. The van der Waals surface area contributed by atoms with Crippen molar-refractivity contribution in [2.24, 2.45) is 10.2 Å². The monoisotopic (exact) mass is 362 g/mol. The van der Waals surface area contributed by atoms with Crippen LogP contribution in [0.2, 0.25) is 0 Å². The molecule has 2 aliphatic carbocycles. The van der Waals surface area contributed by atoms with E-state index in [1.54, 1.807) is 0 Å². The van der Waals surface area contributed by atoms with E-state index in [-0.39, 0.29) is 0 Å². The van der Waals surface area contributed by atoms with E-state index in [9.17, 15) is 0 Å². The molecular formula is C24H46N2. The van der Waals surface area contributed by atoms with E-state index in [4.69, 9.17) is 10.2 Å². The maximum atomic E-state index is 4.93. The van der Waals surface area contributed by atoms with Crippen LogP contribution in [0.1, 0.15) is 141 Å². The normalized spacial score (nSPS) is 25.7. The highest BCUT2D eigenvalue weighted by molar-refractivity contribution is 4.71. The Balaban J connectivity index is 1.78. The molecule has 26 heavy (non-hydrogen) atoms. The molecule has 0 spiro atoms. The standard InChI is InChI=1S/C24H46N2/c1-3-7-11-15-19-23(20-16-12-8-4-1)25-26-24-21-17-13-9-5-2-6-10-14-18-22-24/h23-24H,1-22H2. The molecule has 0 aromatic carbocycles. The highest BCUT2D eigenvalue weighted by Gasteiger charge is 2.12. The van der Waals surface area contributed by atoms with Gasteiger partial charge in [-0.25, -0.2) is 0 Å². The summed E-state index contributed by atoms with van der Waals surface area (Å²) in [7, 11) is 0. The second-order valence-corrected chi connectivity index (χ2v) is 9.06. The number of azo groups is 1. The van der Waals surface area contributed by atoms with Crippen molar-refractivity contribution in [3.8, 4) is 0 Å². The molecule has 0 aromatic rings. The number of hydrogen-bond donors (Lipinski definition) is 0. The Kier molecular flexibility index (Phi) is 13.2. The molecule has 2 aliphatic rings. The first-order chi connectivity index (χ1) is 12.9. The predicted octanol–water partition coefficient (Wildman–Crippen LogP) is 8.79. The smallest absolute Gasteiger partial charge is 0.0708 e. The molecule has 0 atom stereocenters. The lowest BCUT2D eigenvalue weighted by Crippen LogP contribution is -2.09. The minimum Gasteiger partial charge on any atom is -0.191 e. The molecule has 0 saturated heterocycles. The molecule has 2 fully saturated rings. The average molecular weight is 363 g/mol. The van der Waals surface area contributed by atoms with Gasteiger partial charge in [0.2, 0.25) is 0 Å². The Morgan fingerprint density at radius 2 is 0.462 bits per heavy atom. The Morgan fingerprint density at radius 1 is 0.269 bits per heavy atom. The SMILES string of the molecule is C1CCCCCC(N=NC2CCCCCCCCCCC2)CCCCC1. The predicted molar refractivity (Wildman–Crippen MR) is 114 cm³/mol. The number of rotatable bonds is 2. The van der Waals surface area contributed by atoms with Crippen LogP contribution in [-0.2, 0) is 0 Å². The van der Waals surface area contributed by atoms with Gasteiger partial charge in [-0.3, -0.25) is 0 Å². The maximum Gasteiger partial charge on any atom is 0.0708 e. The minimum atomic E-state index is 0.524. The zero-order chi connectivity index (χ0) is 18.1. The van der Waals surface area contributed by atoms with Crippen LogP contribution in [0.25, 0.3) is 0 Å². The Morgan fingerprint density at radius 3 is 0.692 bits per heavy atom. The summed E-state index contributed by atoms with van der Waals surface area (Å²) in [5, 5.41) is 9.86. The van der Waals surface area contributed by atoms with Gasteiger partial charge in [-0.1, -0.05) is 116 Å². The molecule has 2 heteroatoms. The topological polar surface area (TPSA) is 24.7 Å². The Bertz CT molecular complexity index is 283. The van der Waals surface area contributed by atoms with Gasteiger partial charge in [-0.15, -0.1) is 0 Å². The van der Waals surface area contributed by atoms with Crippen molar-refractivity contribution in [3.63, 3.8) is 0 Å². The lowest BCUT2D eigenvalue weighted by Gasteiger charge is -2.16. The summed E-state index contributed by atoms with van der Waals surface area (Å²) in [6, 6.07) is 1.05. The van der Waals surface area contributed by atoms with Crippen molar-refractivity contribution in [1.82, 2.24) is 0 Å². The van der Waals surface area contributed by atoms with Crippen molar-refractivity contribution in [3.05, 3.63) is 0 Å². The summed E-state index contributed by atoms with van der Waals surface area (Å²) in [6.45, 7) is 0.